The number of urea groups is 1. The van der Waals surface area contributed by atoms with E-state index in [4.69, 9.17) is 11.6 Å². The first-order valence-corrected chi connectivity index (χ1v) is 10.2. The van der Waals surface area contributed by atoms with Crippen LogP contribution in [0, 0.1) is 0 Å². The topological polar surface area (TPSA) is 61.4 Å². The van der Waals surface area contributed by atoms with Gasteiger partial charge in [0, 0.05) is 28.5 Å². The number of fused-ring (bicyclic) bond motifs is 1. The molecule has 0 aromatic heterocycles. The number of hydrogen-bond acceptors (Lipinski definition) is 2. The number of carbonyl (C=O) groups excluding carboxylic acids is 2. The van der Waals surface area contributed by atoms with Gasteiger partial charge in [-0.1, -0.05) is 48.0 Å². The minimum Gasteiger partial charge on any atom is -0.331 e. The molecule has 6 heteroatoms. The molecule has 2 N–H and O–H groups in total. The molecule has 1 heterocycles. The van der Waals surface area contributed by atoms with Crippen LogP contribution >= 0.6 is 11.6 Å². The maximum Gasteiger partial charge on any atom is 0.319 e. The summed E-state index contributed by atoms with van der Waals surface area (Å²) in [5, 5.41) is 6.36. The quantitative estimate of drug-likeness (QED) is 0.592. The average molecular weight is 420 g/mol. The molecule has 1 atom stereocenters. The van der Waals surface area contributed by atoms with Crippen molar-refractivity contribution < 1.29 is 9.59 Å². The summed E-state index contributed by atoms with van der Waals surface area (Å²) in [6, 6.07) is 21.8. The lowest BCUT2D eigenvalue weighted by Crippen LogP contribution is -2.31. The molecule has 5 nitrogen and oxygen atoms in total. The minimum absolute atomic E-state index is 0.0708. The molecular formula is C24H22ClN3O2. The molecule has 3 amide bonds. The zero-order valence-electron chi connectivity index (χ0n) is 16.6. The Labute approximate surface area is 180 Å². The van der Waals surface area contributed by atoms with Crippen LogP contribution in [0.3, 0.4) is 0 Å². The second-order valence-electron chi connectivity index (χ2n) is 7.29. The highest BCUT2D eigenvalue weighted by molar-refractivity contribution is 6.30. The highest BCUT2D eigenvalue weighted by Crippen LogP contribution is 2.29. The van der Waals surface area contributed by atoms with Crippen molar-refractivity contribution in [1.82, 2.24) is 5.32 Å². The van der Waals surface area contributed by atoms with Crippen LogP contribution in [0.15, 0.2) is 72.8 Å². The van der Waals surface area contributed by atoms with Gasteiger partial charge in [0.25, 0.3) is 5.91 Å². The van der Waals surface area contributed by atoms with E-state index in [0.717, 1.165) is 17.7 Å². The highest BCUT2D eigenvalue weighted by atomic mass is 35.5. The fraction of sp³-hybridized carbons (Fsp3) is 0.167. The van der Waals surface area contributed by atoms with Gasteiger partial charge in [-0.2, -0.15) is 0 Å². The summed E-state index contributed by atoms with van der Waals surface area (Å²) in [6.45, 7) is 2.56. The van der Waals surface area contributed by atoms with Gasteiger partial charge in [-0.15, -0.1) is 0 Å². The number of benzene rings is 3. The van der Waals surface area contributed by atoms with Crippen molar-refractivity contribution in [2.75, 3.05) is 16.8 Å². The standard InChI is InChI=1S/C24H22ClN3O2/c1-16(17-9-11-20(25)12-10-17)26-24(30)27-21-7-4-6-19(15-21)23(29)28-14-13-18-5-2-3-8-22(18)28/h2-12,15-16H,13-14H2,1H3,(H2,26,27,30). The van der Waals surface area contributed by atoms with Crippen molar-refractivity contribution in [3.63, 3.8) is 0 Å². The Hall–Kier alpha value is -3.31. The third-order valence-corrected chi connectivity index (χ3v) is 5.47. The molecule has 3 aromatic rings. The van der Waals surface area contributed by atoms with Crippen LogP contribution in [0.5, 0.6) is 0 Å². The van der Waals surface area contributed by atoms with Crippen LogP contribution in [0.2, 0.25) is 5.02 Å². The number of hydrogen-bond donors (Lipinski definition) is 2. The van der Waals surface area contributed by atoms with E-state index < -0.39 is 0 Å². The smallest absolute Gasteiger partial charge is 0.319 e. The first kappa shape index (κ1) is 20.0. The van der Waals surface area contributed by atoms with Gasteiger partial charge in [-0.05, 0) is 60.9 Å². The molecule has 4 rings (SSSR count). The van der Waals surface area contributed by atoms with Gasteiger partial charge in [-0.3, -0.25) is 4.79 Å². The van der Waals surface area contributed by atoms with Crippen molar-refractivity contribution >= 4 is 34.9 Å². The second kappa shape index (κ2) is 8.59. The Morgan fingerprint density at radius 2 is 1.77 bits per heavy atom. The number of para-hydroxylation sites is 1. The molecule has 0 aliphatic carbocycles. The molecule has 0 spiro atoms. The van der Waals surface area contributed by atoms with Gasteiger partial charge in [0.15, 0.2) is 0 Å². The highest BCUT2D eigenvalue weighted by Gasteiger charge is 2.25. The first-order valence-electron chi connectivity index (χ1n) is 9.84. The Bertz CT molecular complexity index is 1080. The van der Waals surface area contributed by atoms with Crippen LogP contribution < -0.4 is 15.5 Å². The number of nitrogens with zero attached hydrogens (tertiary/aromatic N) is 1. The van der Waals surface area contributed by atoms with E-state index in [-0.39, 0.29) is 18.0 Å². The van der Waals surface area contributed by atoms with Crippen molar-refractivity contribution in [3.05, 3.63) is 94.5 Å². The number of carbonyl (C=O) groups is 2. The fourth-order valence-electron chi connectivity index (χ4n) is 3.63. The summed E-state index contributed by atoms with van der Waals surface area (Å²) in [5.41, 5.74) is 4.18. The predicted molar refractivity (Wildman–Crippen MR) is 120 cm³/mol. The largest absolute Gasteiger partial charge is 0.331 e. The fourth-order valence-corrected chi connectivity index (χ4v) is 3.76. The summed E-state index contributed by atoms with van der Waals surface area (Å²) in [6.07, 6.45) is 0.852. The Kier molecular flexibility index (Phi) is 5.72. The zero-order valence-corrected chi connectivity index (χ0v) is 17.3. The third-order valence-electron chi connectivity index (χ3n) is 5.22. The van der Waals surface area contributed by atoms with Gasteiger partial charge < -0.3 is 15.5 Å². The van der Waals surface area contributed by atoms with Gasteiger partial charge in [0.05, 0.1) is 6.04 Å². The molecule has 1 aliphatic heterocycles. The zero-order chi connectivity index (χ0) is 21.1. The molecule has 1 unspecified atom stereocenters. The summed E-state index contributed by atoms with van der Waals surface area (Å²) in [7, 11) is 0. The van der Waals surface area contributed by atoms with Crippen LogP contribution in [-0.4, -0.2) is 18.5 Å². The van der Waals surface area contributed by atoms with E-state index in [9.17, 15) is 9.59 Å². The van der Waals surface area contributed by atoms with Gasteiger partial charge in [-0.25, -0.2) is 4.79 Å². The van der Waals surface area contributed by atoms with E-state index >= 15 is 0 Å². The molecule has 0 bridgehead atoms. The van der Waals surface area contributed by atoms with Crippen molar-refractivity contribution in [3.8, 4) is 0 Å². The molecule has 1 aliphatic rings. The maximum atomic E-state index is 13.0. The summed E-state index contributed by atoms with van der Waals surface area (Å²) < 4.78 is 0. The Morgan fingerprint density at radius 1 is 1.00 bits per heavy atom. The summed E-state index contributed by atoms with van der Waals surface area (Å²) in [4.78, 5) is 27.2. The van der Waals surface area contributed by atoms with Crippen molar-refractivity contribution in [1.29, 1.82) is 0 Å². The number of anilines is 2. The van der Waals surface area contributed by atoms with Crippen LogP contribution in [0.4, 0.5) is 16.2 Å². The van der Waals surface area contributed by atoms with Gasteiger partial charge in [0.1, 0.15) is 0 Å². The lowest BCUT2D eigenvalue weighted by atomic mass is 10.1. The van der Waals surface area contributed by atoms with E-state index in [0.29, 0.717) is 22.8 Å². The second-order valence-corrected chi connectivity index (χ2v) is 7.72. The molecule has 0 saturated carbocycles. The van der Waals surface area contributed by atoms with Crippen LogP contribution in [0.25, 0.3) is 0 Å². The number of amides is 3. The van der Waals surface area contributed by atoms with E-state index in [1.807, 2.05) is 43.3 Å². The molecule has 30 heavy (non-hydrogen) atoms. The summed E-state index contributed by atoms with van der Waals surface area (Å²) in [5.74, 6) is -0.0708. The molecule has 0 saturated heterocycles. The number of nitrogens with one attached hydrogen (secondary N) is 2. The predicted octanol–water partition coefficient (Wildman–Crippen LogP) is 5.43. The average Bonchev–Trinajstić information content (AvgIpc) is 3.18. The summed E-state index contributed by atoms with van der Waals surface area (Å²) >= 11 is 5.91. The van der Waals surface area contributed by atoms with Crippen LogP contribution in [-0.2, 0) is 6.42 Å². The minimum atomic E-state index is -0.339. The molecular weight excluding hydrogens is 398 g/mol. The molecule has 0 radical (unpaired) electrons. The normalized spacial score (nSPS) is 13.5. The van der Waals surface area contributed by atoms with Crippen molar-refractivity contribution in [2.24, 2.45) is 0 Å². The van der Waals surface area contributed by atoms with Crippen LogP contribution in [0.1, 0.15) is 34.5 Å². The van der Waals surface area contributed by atoms with Gasteiger partial charge in [0.2, 0.25) is 0 Å². The van der Waals surface area contributed by atoms with Crippen molar-refractivity contribution in [2.45, 2.75) is 19.4 Å². The molecule has 0 fully saturated rings. The Morgan fingerprint density at radius 3 is 2.57 bits per heavy atom. The SMILES string of the molecule is CC(NC(=O)Nc1cccc(C(=O)N2CCc3ccccc32)c1)c1ccc(Cl)cc1. The van der Waals surface area contributed by atoms with E-state index in [1.165, 1.54) is 5.56 Å². The first-order chi connectivity index (χ1) is 14.5. The van der Waals surface area contributed by atoms with E-state index in [2.05, 4.69) is 10.6 Å². The monoisotopic (exact) mass is 419 g/mol. The van der Waals surface area contributed by atoms with Gasteiger partial charge >= 0.3 is 6.03 Å². The molecule has 3 aromatic carbocycles. The lowest BCUT2D eigenvalue weighted by Gasteiger charge is -2.18. The lowest BCUT2D eigenvalue weighted by molar-refractivity contribution is 0.0989. The van der Waals surface area contributed by atoms with E-state index in [1.54, 1.807) is 41.3 Å². The third kappa shape index (κ3) is 4.31. The number of rotatable bonds is 4. The maximum absolute atomic E-state index is 13.0. The molecule has 152 valence electrons. The number of halogens is 1. The Balaban J connectivity index is 1.43.